The van der Waals surface area contributed by atoms with Gasteiger partial charge < -0.3 is 10.6 Å². The van der Waals surface area contributed by atoms with Gasteiger partial charge in [-0.05, 0) is 30.4 Å². The molecule has 1 aliphatic heterocycles. The van der Waals surface area contributed by atoms with Gasteiger partial charge >= 0.3 is 0 Å². The molecule has 16 heavy (non-hydrogen) atoms. The number of carbonyl (C=O) groups excluding carboxylic acids is 1. The molecular weight excluding hydrogens is 200 g/mol. The molecule has 84 valence electrons. The Kier molecular flexibility index (Phi) is 2.21. The SMILES string of the molecule is NC1CC(=O)N(c2ccccc2C2CC2)C1. The molecule has 1 atom stereocenters. The zero-order valence-corrected chi connectivity index (χ0v) is 9.23. The summed E-state index contributed by atoms with van der Waals surface area (Å²) in [7, 11) is 0. The normalized spacial score (nSPS) is 25.2. The van der Waals surface area contributed by atoms with E-state index in [9.17, 15) is 4.79 Å². The molecule has 3 rings (SSSR count). The zero-order valence-electron chi connectivity index (χ0n) is 9.23. The van der Waals surface area contributed by atoms with E-state index in [1.54, 1.807) is 0 Å². The number of benzene rings is 1. The molecule has 1 amide bonds. The molecule has 0 radical (unpaired) electrons. The minimum absolute atomic E-state index is 0.000223. The number of hydrogen-bond acceptors (Lipinski definition) is 2. The van der Waals surface area contributed by atoms with Gasteiger partial charge in [0.25, 0.3) is 0 Å². The van der Waals surface area contributed by atoms with Crippen molar-refractivity contribution in [2.24, 2.45) is 5.73 Å². The Labute approximate surface area is 95.2 Å². The van der Waals surface area contributed by atoms with E-state index in [0.29, 0.717) is 18.9 Å². The number of rotatable bonds is 2. The summed E-state index contributed by atoms with van der Waals surface area (Å²) in [4.78, 5) is 13.7. The molecule has 0 spiro atoms. The topological polar surface area (TPSA) is 46.3 Å². The number of anilines is 1. The molecule has 2 aliphatic rings. The average Bonchev–Trinajstić information content (AvgIpc) is 3.05. The van der Waals surface area contributed by atoms with Crippen LogP contribution in [0.1, 0.15) is 30.7 Å². The maximum Gasteiger partial charge on any atom is 0.228 e. The van der Waals surface area contributed by atoms with E-state index >= 15 is 0 Å². The lowest BCUT2D eigenvalue weighted by Crippen LogP contribution is -2.28. The lowest BCUT2D eigenvalue weighted by Gasteiger charge is -2.19. The Morgan fingerprint density at radius 1 is 1.25 bits per heavy atom. The molecule has 0 aromatic heterocycles. The summed E-state index contributed by atoms with van der Waals surface area (Å²) >= 11 is 0. The van der Waals surface area contributed by atoms with E-state index in [0.717, 1.165) is 5.69 Å². The highest BCUT2D eigenvalue weighted by Crippen LogP contribution is 2.44. The van der Waals surface area contributed by atoms with E-state index in [4.69, 9.17) is 5.73 Å². The summed E-state index contributed by atoms with van der Waals surface area (Å²) < 4.78 is 0. The van der Waals surface area contributed by atoms with Gasteiger partial charge in [-0.3, -0.25) is 4.79 Å². The van der Waals surface area contributed by atoms with Gasteiger partial charge in [-0.25, -0.2) is 0 Å². The molecule has 0 bridgehead atoms. The lowest BCUT2D eigenvalue weighted by molar-refractivity contribution is -0.117. The third kappa shape index (κ3) is 1.61. The van der Waals surface area contributed by atoms with Crippen molar-refractivity contribution < 1.29 is 4.79 Å². The molecule has 1 unspecified atom stereocenters. The monoisotopic (exact) mass is 216 g/mol. The lowest BCUT2D eigenvalue weighted by atomic mass is 10.1. The summed E-state index contributed by atoms with van der Waals surface area (Å²) in [5.74, 6) is 0.835. The second-order valence-corrected chi connectivity index (χ2v) is 4.80. The summed E-state index contributed by atoms with van der Waals surface area (Å²) in [5.41, 5.74) is 8.24. The Bertz CT molecular complexity index is 426. The first kappa shape index (κ1) is 9.85. The average molecular weight is 216 g/mol. The van der Waals surface area contributed by atoms with Crippen molar-refractivity contribution in [3.63, 3.8) is 0 Å². The van der Waals surface area contributed by atoms with E-state index in [1.165, 1.54) is 18.4 Å². The van der Waals surface area contributed by atoms with Crippen LogP contribution in [0.25, 0.3) is 0 Å². The molecule has 3 heteroatoms. The standard InChI is InChI=1S/C13H16N2O/c14-10-7-13(16)15(8-10)12-4-2-1-3-11(12)9-5-6-9/h1-4,9-10H,5-8,14H2. The van der Waals surface area contributed by atoms with Crippen molar-refractivity contribution in [2.75, 3.05) is 11.4 Å². The Morgan fingerprint density at radius 3 is 2.62 bits per heavy atom. The van der Waals surface area contributed by atoms with Gasteiger partial charge in [-0.2, -0.15) is 0 Å². The van der Waals surface area contributed by atoms with Crippen LogP contribution in [0.3, 0.4) is 0 Å². The van der Waals surface area contributed by atoms with Crippen LogP contribution in [-0.4, -0.2) is 18.5 Å². The molecule has 1 aliphatic carbocycles. The van der Waals surface area contributed by atoms with Crippen molar-refractivity contribution >= 4 is 11.6 Å². The highest BCUT2D eigenvalue weighted by Gasteiger charge is 2.33. The Morgan fingerprint density at radius 2 is 2.00 bits per heavy atom. The number of carbonyl (C=O) groups is 1. The molecule has 2 N–H and O–H groups in total. The minimum atomic E-state index is -0.000223. The van der Waals surface area contributed by atoms with Crippen LogP contribution in [0.4, 0.5) is 5.69 Å². The predicted octanol–water partition coefficient (Wildman–Crippen LogP) is 1.63. The number of amides is 1. The minimum Gasteiger partial charge on any atom is -0.326 e. The summed E-state index contributed by atoms with van der Waals surface area (Å²) in [6.07, 6.45) is 3.00. The van der Waals surface area contributed by atoms with E-state index < -0.39 is 0 Å². The first-order valence-corrected chi connectivity index (χ1v) is 5.90. The smallest absolute Gasteiger partial charge is 0.228 e. The fraction of sp³-hybridized carbons (Fsp3) is 0.462. The van der Waals surface area contributed by atoms with E-state index in [1.807, 2.05) is 17.0 Å². The van der Waals surface area contributed by atoms with Gasteiger partial charge in [0, 0.05) is 24.7 Å². The summed E-state index contributed by atoms with van der Waals surface area (Å²) in [6, 6.07) is 8.24. The van der Waals surface area contributed by atoms with E-state index in [2.05, 4.69) is 12.1 Å². The fourth-order valence-corrected chi connectivity index (χ4v) is 2.44. The largest absolute Gasteiger partial charge is 0.326 e. The number of hydrogen-bond donors (Lipinski definition) is 1. The quantitative estimate of drug-likeness (QED) is 0.816. The van der Waals surface area contributed by atoms with Crippen molar-refractivity contribution in [3.8, 4) is 0 Å². The van der Waals surface area contributed by atoms with Gasteiger partial charge in [-0.15, -0.1) is 0 Å². The number of nitrogens with zero attached hydrogens (tertiary/aromatic N) is 1. The zero-order chi connectivity index (χ0) is 11.1. The van der Waals surface area contributed by atoms with Gasteiger partial charge in [0.1, 0.15) is 0 Å². The highest BCUT2D eigenvalue weighted by atomic mass is 16.2. The van der Waals surface area contributed by atoms with E-state index in [-0.39, 0.29) is 11.9 Å². The number of nitrogens with two attached hydrogens (primary N) is 1. The van der Waals surface area contributed by atoms with Crippen molar-refractivity contribution in [3.05, 3.63) is 29.8 Å². The fourth-order valence-electron chi connectivity index (χ4n) is 2.44. The van der Waals surface area contributed by atoms with Crippen molar-refractivity contribution in [1.82, 2.24) is 0 Å². The molecule has 3 nitrogen and oxygen atoms in total. The van der Waals surface area contributed by atoms with Crippen LogP contribution in [0.15, 0.2) is 24.3 Å². The number of para-hydroxylation sites is 1. The van der Waals surface area contributed by atoms with Crippen molar-refractivity contribution in [1.29, 1.82) is 0 Å². The third-order valence-electron chi connectivity index (χ3n) is 3.40. The van der Waals surface area contributed by atoms with Crippen LogP contribution in [0.5, 0.6) is 0 Å². The maximum atomic E-state index is 11.8. The molecule has 1 heterocycles. The summed E-state index contributed by atoms with van der Waals surface area (Å²) in [6.45, 7) is 0.669. The highest BCUT2D eigenvalue weighted by molar-refractivity contribution is 5.97. The second-order valence-electron chi connectivity index (χ2n) is 4.80. The second kappa shape index (κ2) is 3.59. The van der Waals surface area contributed by atoms with Gasteiger partial charge in [0.05, 0.1) is 0 Å². The van der Waals surface area contributed by atoms with Crippen LogP contribution in [-0.2, 0) is 4.79 Å². The Hall–Kier alpha value is -1.35. The first-order valence-electron chi connectivity index (χ1n) is 5.90. The van der Waals surface area contributed by atoms with Crippen LogP contribution in [0, 0.1) is 0 Å². The Balaban J connectivity index is 1.96. The molecule has 1 saturated heterocycles. The molecular formula is C13H16N2O. The predicted molar refractivity (Wildman–Crippen MR) is 63.4 cm³/mol. The van der Waals surface area contributed by atoms with Crippen LogP contribution in [0.2, 0.25) is 0 Å². The van der Waals surface area contributed by atoms with Gasteiger partial charge in [0.2, 0.25) is 5.91 Å². The molecule has 1 aromatic rings. The van der Waals surface area contributed by atoms with Gasteiger partial charge in [0.15, 0.2) is 0 Å². The third-order valence-corrected chi connectivity index (χ3v) is 3.40. The van der Waals surface area contributed by atoms with Crippen LogP contribution < -0.4 is 10.6 Å². The first-order chi connectivity index (χ1) is 7.75. The maximum absolute atomic E-state index is 11.8. The van der Waals surface area contributed by atoms with Crippen molar-refractivity contribution in [2.45, 2.75) is 31.2 Å². The molecule has 1 saturated carbocycles. The van der Waals surface area contributed by atoms with Gasteiger partial charge in [-0.1, -0.05) is 18.2 Å². The summed E-state index contributed by atoms with van der Waals surface area (Å²) in [5, 5.41) is 0. The molecule has 2 fully saturated rings. The van der Waals surface area contributed by atoms with Crippen LogP contribution >= 0.6 is 0 Å². The molecule has 1 aromatic carbocycles.